The van der Waals surface area contributed by atoms with E-state index in [0.29, 0.717) is 22.9 Å². The first-order chi connectivity index (χ1) is 12.0. The van der Waals surface area contributed by atoms with E-state index in [1.165, 1.54) is 47.4 Å². The van der Waals surface area contributed by atoms with Crippen molar-refractivity contribution in [3.8, 4) is 0 Å². The number of hydrogen-bond donors (Lipinski definition) is 0. The van der Waals surface area contributed by atoms with Crippen molar-refractivity contribution < 1.29 is 18.7 Å². The Morgan fingerprint density at radius 1 is 1.44 bits per heavy atom. The minimum atomic E-state index is -0.632. The lowest BCUT2D eigenvalue weighted by atomic mass is 10.2. The van der Waals surface area contributed by atoms with Gasteiger partial charge in [0.2, 0.25) is 11.8 Å². The molecular weight excluding hydrogens is 345 g/mol. The Bertz CT molecular complexity index is 904. The van der Waals surface area contributed by atoms with E-state index in [1.807, 2.05) is 6.92 Å². The van der Waals surface area contributed by atoms with Crippen molar-refractivity contribution in [2.24, 2.45) is 4.99 Å². The van der Waals surface area contributed by atoms with Crippen LogP contribution in [-0.4, -0.2) is 29.3 Å². The molecule has 0 unspecified atom stereocenters. The van der Waals surface area contributed by atoms with Gasteiger partial charge in [-0.2, -0.15) is 0 Å². The van der Waals surface area contributed by atoms with Crippen LogP contribution in [0, 0.1) is 5.82 Å². The van der Waals surface area contributed by atoms with E-state index in [0.717, 1.165) is 0 Å². The van der Waals surface area contributed by atoms with Crippen molar-refractivity contribution in [2.45, 2.75) is 13.8 Å². The van der Waals surface area contributed by atoms with Crippen molar-refractivity contribution in [1.82, 2.24) is 4.98 Å². The molecule has 8 heteroatoms. The standard InChI is InChI=1S/C17H14FN3O3S/c1-3-21(10(2)22)17-19-13(9-25-17)8-14-16(23)24-15(20-14)11-5-4-6-12(18)7-11/h4-9H,3H2,1-2H3/b14-8-. The van der Waals surface area contributed by atoms with Crippen LogP contribution in [0.1, 0.15) is 25.1 Å². The smallest absolute Gasteiger partial charge is 0.363 e. The van der Waals surface area contributed by atoms with Gasteiger partial charge in [0.05, 0.1) is 5.69 Å². The number of halogens is 1. The number of thiazole rings is 1. The number of rotatable bonds is 4. The fraction of sp³-hybridized carbons (Fsp3) is 0.176. The molecule has 0 bridgehead atoms. The van der Waals surface area contributed by atoms with Crippen LogP contribution in [0.3, 0.4) is 0 Å². The number of benzene rings is 1. The summed E-state index contributed by atoms with van der Waals surface area (Å²) in [5.74, 6) is -1.14. The van der Waals surface area contributed by atoms with Crippen molar-refractivity contribution in [2.75, 3.05) is 11.4 Å². The lowest BCUT2D eigenvalue weighted by molar-refractivity contribution is -0.130. The quantitative estimate of drug-likeness (QED) is 0.621. The van der Waals surface area contributed by atoms with Crippen LogP contribution in [0.2, 0.25) is 0 Å². The number of ether oxygens (including phenoxy) is 1. The molecule has 3 rings (SSSR count). The second-order valence-corrected chi connectivity index (χ2v) is 6.00. The Hall–Kier alpha value is -2.87. The number of aromatic nitrogens is 1. The molecule has 0 saturated carbocycles. The molecule has 2 aromatic rings. The van der Waals surface area contributed by atoms with Crippen LogP contribution in [0.4, 0.5) is 9.52 Å². The van der Waals surface area contributed by atoms with E-state index >= 15 is 0 Å². The number of amides is 1. The van der Waals surface area contributed by atoms with Gasteiger partial charge in [-0.05, 0) is 31.2 Å². The summed E-state index contributed by atoms with van der Waals surface area (Å²) in [6.07, 6.45) is 1.47. The SMILES string of the molecule is CCN(C(C)=O)c1nc(/C=C2\N=C(c3cccc(F)c3)OC2=O)cs1. The van der Waals surface area contributed by atoms with E-state index in [1.54, 1.807) is 11.4 Å². The molecule has 1 aliphatic heterocycles. The largest absolute Gasteiger partial charge is 0.402 e. The third-order valence-corrected chi connectivity index (χ3v) is 4.30. The van der Waals surface area contributed by atoms with Gasteiger partial charge in [-0.1, -0.05) is 6.07 Å². The molecule has 2 heterocycles. The first kappa shape index (κ1) is 17.0. The summed E-state index contributed by atoms with van der Waals surface area (Å²) in [4.78, 5) is 33.5. The number of cyclic esters (lactones) is 1. The monoisotopic (exact) mass is 359 g/mol. The lowest BCUT2D eigenvalue weighted by Gasteiger charge is -2.14. The zero-order valence-electron chi connectivity index (χ0n) is 13.5. The summed E-state index contributed by atoms with van der Waals surface area (Å²) < 4.78 is 18.4. The van der Waals surface area contributed by atoms with Crippen molar-refractivity contribution in [3.63, 3.8) is 0 Å². The minimum Gasteiger partial charge on any atom is -0.402 e. The molecule has 0 saturated heterocycles. The molecule has 0 radical (unpaired) electrons. The maximum absolute atomic E-state index is 13.3. The predicted molar refractivity (Wildman–Crippen MR) is 92.8 cm³/mol. The van der Waals surface area contributed by atoms with Crippen LogP contribution >= 0.6 is 11.3 Å². The van der Waals surface area contributed by atoms with Crippen LogP contribution in [-0.2, 0) is 14.3 Å². The van der Waals surface area contributed by atoms with Crippen LogP contribution < -0.4 is 4.90 Å². The summed E-state index contributed by atoms with van der Waals surface area (Å²) in [5, 5.41) is 2.26. The lowest BCUT2D eigenvalue weighted by Crippen LogP contribution is -2.27. The third-order valence-electron chi connectivity index (χ3n) is 3.41. The maximum Gasteiger partial charge on any atom is 0.363 e. The van der Waals surface area contributed by atoms with Gasteiger partial charge in [0.15, 0.2) is 10.8 Å². The Morgan fingerprint density at radius 2 is 2.24 bits per heavy atom. The van der Waals surface area contributed by atoms with E-state index in [9.17, 15) is 14.0 Å². The summed E-state index contributed by atoms with van der Waals surface area (Å²) in [6.45, 7) is 3.82. The van der Waals surface area contributed by atoms with Gasteiger partial charge in [-0.25, -0.2) is 19.2 Å². The molecule has 0 spiro atoms. The number of aliphatic imine (C=N–C) groups is 1. The van der Waals surface area contributed by atoms with E-state index in [2.05, 4.69) is 9.98 Å². The average molecular weight is 359 g/mol. The van der Waals surface area contributed by atoms with Gasteiger partial charge in [0.25, 0.3) is 0 Å². The van der Waals surface area contributed by atoms with Crippen LogP contribution in [0.25, 0.3) is 6.08 Å². The highest BCUT2D eigenvalue weighted by Gasteiger charge is 2.25. The number of anilines is 1. The molecule has 0 N–H and O–H groups in total. The zero-order chi connectivity index (χ0) is 18.0. The molecule has 1 aliphatic rings. The van der Waals surface area contributed by atoms with Crippen LogP contribution in [0.5, 0.6) is 0 Å². The Morgan fingerprint density at radius 3 is 2.92 bits per heavy atom. The van der Waals surface area contributed by atoms with Gasteiger partial charge in [0, 0.05) is 24.4 Å². The topological polar surface area (TPSA) is 71.9 Å². The van der Waals surface area contributed by atoms with Crippen molar-refractivity contribution in [3.05, 3.63) is 52.4 Å². The summed E-state index contributed by atoms with van der Waals surface area (Å²) in [7, 11) is 0. The molecule has 0 aliphatic carbocycles. The molecule has 128 valence electrons. The van der Waals surface area contributed by atoms with Gasteiger partial charge in [-0.3, -0.25) is 9.69 Å². The summed E-state index contributed by atoms with van der Waals surface area (Å²) in [5.41, 5.74) is 0.947. The molecule has 0 fully saturated rings. The molecular formula is C17H14FN3O3S. The summed E-state index contributed by atoms with van der Waals surface area (Å²) >= 11 is 1.29. The number of carbonyl (C=O) groups is 2. The Balaban J connectivity index is 1.87. The fourth-order valence-corrected chi connectivity index (χ4v) is 3.14. The first-order valence-electron chi connectivity index (χ1n) is 7.50. The predicted octanol–water partition coefficient (Wildman–Crippen LogP) is 3.00. The van der Waals surface area contributed by atoms with Crippen molar-refractivity contribution >= 4 is 40.3 Å². The van der Waals surface area contributed by atoms with Gasteiger partial charge in [0.1, 0.15) is 5.82 Å². The normalized spacial score (nSPS) is 15.2. The fourth-order valence-electron chi connectivity index (χ4n) is 2.25. The average Bonchev–Trinajstić information content (AvgIpc) is 3.16. The summed E-state index contributed by atoms with van der Waals surface area (Å²) in [6, 6.07) is 5.65. The van der Waals surface area contributed by atoms with E-state index in [-0.39, 0.29) is 17.5 Å². The van der Waals surface area contributed by atoms with Crippen molar-refractivity contribution in [1.29, 1.82) is 0 Å². The molecule has 0 atom stereocenters. The number of carbonyl (C=O) groups excluding carboxylic acids is 2. The number of hydrogen-bond acceptors (Lipinski definition) is 6. The first-order valence-corrected chi connectivity index (χ1v) is 8.38. The number of nitrogens with zero attached hydrogens (tertiary/aromatic N) is 3. The maximum atomic E-state index is 13.3. The minimum absolute atomic E-state index is 0.0464. The molecule has 1 amide bonds. The van der Waals surface area contributed by atoms with Gasteiger partial charge >= 0.3 is 5.97 Å². The zero-order valence-corrected chi connectivity index (χ0v) is 14.3. The van der Waals surface area contributed by atoms with E-state index < -0.39 is 11.8 Å². The Kier molecular flexibility index (Phi) is 4.71. The second-order valence-electron chi connectivity index (χ2n) is 5.16. The van der Waals surface area contributed by atoms with Gasteiger partial charge in [-0.15, -0.1) is 11.3 Å². The second kappa shape index (κ2) is 6.94. The van der Waals surface area contributed by atoms with E-state index in [4.69, 9.17) is 4.74 Å². The number of esters is 1. The highest BCUT2D eigenvalue weighted by Crippen LogP contribution is 2.24. The Labute approximate surface area is 147 Å². The third kappa shape index (κ3) is 3.63. The molecule has 25 heavy (non-hydrogen) atoms. The molecule has 6 nitrogen and oxygen atoms in total. The molecule has 1 aromatic carbocycles. The highest BCUT2D eigenvalue weighted by molar-refractivity contribution is 7.14. The van der Waals surface area contributed by atoms with Gasteiger partial charge < -0.3 is 4.74 Å². The van der Waals surface area contributed by atoms with Crippen LogP contribution in [0.15, 0.2) is 40.3 Å². The molecule has 1 aromatic heterocycles. The highest BCUT2D eigenvalue weighted by atomic mass is 32.1.